The van der Waals surface area contributed by atoms with Crippen LogP contribution < -0.4 is 5.32 Å². The van der Waals surface area contributed by atoms with Gasteiger partial charge in [-0.15, -0.1) is 0 Å². The number of hydrogen-bond donors (Lipinski definition) is 1. The van der Waals surface area contributed by atoms with E-state index >= 15 is 0 Å². The molecule has 1 fully saturated rings. The van der Waals surface area contributed by atoms with Crippen LogP contribution in [0.5, 0.6) is 0 Å². The molecule has 15 heavy (non-hydrogen) atoms. The minimum absolute atomic E-state index is 0.670. The molecule has 0 aromatic heterocycles. The average Bonchev–Trinajstić information content (AvgIpc) is 2.83. The summed E-state index contributed by atoms with van der Waals surface area (Å²) in [5.41, 5.74) is 0. The van der Waals surface area contributed by atoms with Crippen LogP contribution in [0.25, 0.3) is 0 Å². The minimum Gasteiger partial charge on any atom is -0.365 e. The van der Waals surface area contributed by atoms with Gasteiger partial charge in [-0.25, -0.2) is 0 Å². The monoisotopic (exact) mass is 227 g/mol. The van der Waals surface area contributed by atoms with Crippen molar-refractivity contribution in [3.8, 4) is 0 Å². The Bertz CT molecular complexity index is 242. The number of thioether (sulfide) groups is 1. The zero-order valence-electron chi connectivity index (χ0n) is 9.70. The van der Waals surface area contributed by atoms with Gasteiger partial charge in [0.15, 0.2) is 5.17 Å². The van der Waals surface area contributed by atoms with Gasteiger partial charge in [-0.3, -0.25) is 4.99 Å². The molecular formula is C11H21N3S. The van der Waals surface area contributed by atoms with Crippen LogP contribution in [0.3, 0.4) is 0 Å². The smallest absolute Gasteiger partial charge is 0.156 e. The molecular weight excluding hydrogens is 206 g/mol. The van der Waals surface area contributed by atoms with Crippen molar-refractivity contribution >= 4 is 16.9 Å². The van der Waals surface area contributed by atoms with Crippen molar-refractivity contribution in [3.63, 3.8) is 0 Å². The zero-order valence-corrected chi connectivity index (χ0v) is 10.5. The molecule has 2 heterocycles. The molecule has 3 nitrogen and oxygen atoms in total. The third kappa shape index (κ3) is 3.11. The summed E-state index contributed by atoms with van der Waals surface area (Å²) in [6, 6.07) is 0. The van der Waals surface area contributed by atoms with E-state index in [1.165, 1.54) is 26.1 Å². The maximum atomic E-state index is 4.47. The summed E-state index contributed by atoms with van der Waals surface area (Å²) in [5.74, 6) is 0.823. The van der Waals surface area contributed by atoms with E-state index in [0.717, 1.165) is 24.2 Å². The van der Waals surface area contributed by atoms with Crippen LogP contribution >= 0.6 is 11.8 Å². The van der Waals surface area contributed by atoms with Crippen molar-refractivity contribution in [1.82, 2.24) is 10.2 Å². The molecule has 1 N–H and O–H groups in total. The molecule has 0 spiro atoms. The predicted octanol–water partition coefficient (Wildman–Crippen LogP) is 1.41. The van der Waals surface area contributed by atoms with Crippen LogP contribution in [0, 0.1) is 5.92 Å². The fourth-order valence-corrected chi connectivity index (χ4v) is 3.02. The summed E-state index contributed by atoms with van der Waals surface area (Å²) in [6.45, 7) is 10.3. The molecule has 0 aromatic rings. The molecule has 0 radical (unpaired) electrons. The Morgan fingerprint density at radius 3 is 3.07 bits per heavy atom. The standard InChI is InChI=1S/C11H21N3S/c1-3-14-5-4-10(8-14)7-13-11-12-6-9(2)15-11/h9-10H,3-8H2,1-2H3,(H,12,13). The second-order valence-corrected chi connectivity index (χ2v) is 5.93. The highest BCUT2D eigenvalue weighted by Gasteiger charge is 2.22. The first-order valence-electron chi connectivity index (χ1n) is 5.95. The molecule has 86 valence electrons. The normalized spacial score (nSPS) is 32.0. The Labute approximate surface area is 96.7 Å². The second-order valence-electron chi connectivity index (χ2n) is 4.50. The summed E-state index contributed by atoms with van der Waals surface area (Å²) in [7, 11) is 0. The van der Waals surface area contributed by atoms with Crippen molar-refractivity contribution in [2.75, 3.05) is 32.7 Å². The lowest BCUT2D eigenvalue weighted by Gasteiger charge is -2.14. The third-order valence-corrected chi connectivity index (χ3v) is 4.21. The number of hydrogen-bond acceptors (Lipinski definition) is 4. The highest BCUT2D eigenvalue weighted by molar-refractivity contribution is 8.14. The number of aliphatic imine (C=N–C) groups is 1. The van der Waals surface area contributed by atoms with Gasteiger partial charge in [-0.1, -0.05) is 25.6 Å². The highest BCUT2D eigenvalue weighted by Crippen LogP contribution is 2.20. The largest absolute Gasteiger partial charge is 0.365 e. The summed E-state index contributed by atoms with van der Waals surface area (Å²) in [6.07, 6.45) is 1.34. The molecule has 0 aromatic carbocycles. The van der Waals surface area contributed by atoms with Crippen molar-refractivity contribution in [3.05, 3.63) is 0 Å². The van der Waals surface area contributed by atoms with Crippen LogP contribution in [0.4, 0.5) is 0 Å². The Morgan fingerprint density at radius 1 is 1.60 bits per heavy atom. The Balaban J connectivity index is 1.66. The summed E-state index contributed by atoms with van der Waals surface area (Å²) < 4.78 is 0. The first-order chi connectivity index (χ1) is 7.28. The van der Waals surface area contributed by atoms with Crippen molar-refractivity contribution in [2.45, 2.75) is 25.5 Å². The van der Waals surface area contributed by atoms with E-state index in [1.807, 2.05) is 11.8 Å². The van der Waals surface area contributed by atoms with Gasteiger partial charge in [0, 0.05) is 18.3 Å². The van der Waals surface area contributed by atoms with Gasteiger partial charge in [-0.2, -0.15) is 0 Å². The maximum absolute atomic E-state index is 4.47. The van der Waals surface area contributed by atoms with E-state index in [2.05, 4.69) is 29.1 Å². The van der Waals surface area contributed by atoms with Crippen molar-refractivity contribution in [1.29, 1.82) is 0 Å². The van der Waals surface area contributed by atoms with Crippen LogP contribution in [0.2, 0.25) is 0 Å². The molecule has 4 heteroatoms. The van der Waals surface area contributed by atoms with Gasteiger partial charge in [0.25, 0.3) is 0 Å². The minimum atomic E-state index is 0.670. The number of nitrogens with zero attached hydrogens (tertiary/aromatic N) is 2. The van der Waals surface area contributed by atoms with E-state index in [1.54, 1.807) is 0 Å². The Kier molecular flexibility index (Phi) is 3.92. The van der Waals surface area contributed by atoms with Gasteiger partial charge in [0.2, 0.25) is 0 Å². The van der Waals surface area contributed by atoms with E-state index in [9.17, 15) is 0 Å². The summed E-state index contributed by atoms with van der Waals surface area (Å²) in [4.78, 5) is 7.00. The molecule has 2 rings (SSSR count). The van der Waals surface area contributed by atoms with E-state index in [-0.39, 0.29) is 0 Å². The van der Waals surface area contributed by atoms with E-state index < -0.39 is 0 Å². The third-order valence-electron chi connectivity index (χ3n) is 3.16. The maximum Gasteiger partial charge on any atom is 0.156 e. The fraction of sp³-hybridized carbons (Fsp3) is 0.909. The van der Waals surface area contributed by atoms with E-state index in [0.29, 0.717) is 5.25 Å². The van der Waals surface area contributed by atoms with Crippen molar-refractivity contribution in [2.24, 2.45) is 10.9 Å². The molecule has 2 aliphatic rings. The van der Waals surface area contributed by atoms with Crippen LogP contribution in [0.1, 0.15) is 20.3 Å². The molecule has 0 saturated carbocycles. The Morgan fingerprint density at radius 2 is 2.47 bits per heavy atom. The van der Waals surface area contributed by atoms with E-state index in [4.69, 9.17) is 0 Å². The molecule has 0 bridgehead atoms. The lowest BCUT2D eigenvalue weighted by molar-refractivity contribution is 0.342. The van der Waals surface area contributed by atoms with Gasteiger partial charge in [-0.05, 0) is 25.4 Å². The second kappa shape index (κ2) is 5.21. The lowest BCUT2D eigenvalue weighted by atomic mass is 10.1. The first kappa shape index (κ1) is 11.3. The summed E-state index contributed by atoms with van der Waals surface area (Å²) in [5, 5.41) is 5.32. The molecule has 2 unspecified atom stereocenters. The highest BCUT2D eigenvalue weighted by atomic mass is 32.2. The van der Waals surface area contributed by atoms with Crippen LogP contribution in [-0.4, -0.2) is 48.0 Å². The molecule has 0 aliphatic carbocycles. The molecule has 2 atom stereocenters. The number of rotatable bonds is 3. The SMILES string of the molecule is CCN1CCC(CNC2=NCC(C)S2)C1. The van der Waals surface area contributed by atoms with Gasteiger partial charge < -0.3 is 10.2 Å². The molecule has 0 amide bonds. The molecule has 2 aliphatic heterocycles. The van der Waals surface area contributed by atoms with Crippen molar-refractivity contribution < 1.29 is 0 Å². The average molecular weight is 227 g/mol. The number of amidine groups is 1. The first-order valence-corrected chi connectivity index (χ1v) is 6.83. The van der Waals surface area contributed by atoms with Crippen LogP contribution in [-0.2, 0) is 0 Å². The van der Waals surface area contributed by atoms with Gasteiger partial charge in [0.1, 0.15) is 0 Å². The topological polar surface area (TPSA) is 27.6 Å². The van der Waals surface area contributed by atoms with Gasteiger partial charge in [0.05, 0.1) is 6.54 Å². The quantitative estimate of drug-likeness (QED) is 0.790. The predicted molar refractivity (Wildman–Crippen MR) is 67.6 cm³/mol. The fourth-order valence-electron chi connectivity index (χ4n) is 2.17. The molecule has 1 saturated heterocycles. The van der Waals surface area contributed by atoms with Gasteiger partial charge >= 0.3 is 0 Å². The summed E-state index contributed by atoms with van der Waals surface area (Å²) >= 11 is 1.88. The lowest BCUT2D eigenvalue weighted by Crippen LogP contribution is -2.28. The zero-order chi connectivity index (χ0) is 10.7. The number of likely N-dealkylation sites (tertiary alicyclic amines) is 1. The number of nitrogens with one attached hydrogen (secondary N) is 1. The Hall–Kier alpha value is -0.220. The van der Waals surface area contributed by atoms with Crippen LogP contribution in [0.15, 0.2) is 4.99 Å².